The topological polar surface area (TPSA) is 65.0 Å². The lowest BCUT2D eigenvalue weighted by atomic mass is 10.2. The summed E-state index contributed by atoms with van der Waals surface area (Å²) < 4.78 is 26.5. The molecule has 0 aromatic heterocycles. The summed E-state index contributed by atoms with van der Waals surface area (Å²) in [6.07, 6.45) is 1.53. The van der Waals surface area contributed by atoms with Gasteiger partial charge >= 0.3 is 5.97 Å². The highest BCUT2D eigenvalue weighted by molar-refractivity contribution is 7.99. The number of esters is 1. The molecule has 0 bridgehead atoms. The quantitative estimate of drug-likeness (QED) is 0.405. The molecule has 2 aromatic carbocycles. The van der Waals surface area contributed by atoms with Crippen LogP contribution in [0.5, 0.6) is 5.75 Å². The Labute approximate surface area is 183 Å². The monoisotopic (exact) mass is 453 g/mol. The van der Waals surface area contributed by atoms with Gasteiger partial charge in [0.15, 0.2) is 0 Å². The number of methoxy groups -OCH3 is 1. The fraction of sp³-hybridized carbons (Fsp3) is 0.333. The zero-order valence-corrected chi connectivity index (χ0v) is 19.4. The van der Waals surface area contributed by atoms with Gasteiger partial charge in [-0.05, 0) is 52.0 Å². The van der Waals surface area contributed by atoms with Crippen LogP contribution in [-0.4, -0.2) is 34.9 Å². The first-order valence-electron chi connectivity index (χ1n) is 8.95. The molecule has 0 heterocycles. The van der Waals surface area contributed by atoms with E-state index in [-0.39, 0.29) is 6.61 Å². The molecule has 0 fully saturated rings. The number of halogens is 1. The number of hydrogen-bond acceptors (Lipinski definition) is 5. The van der Waals surface area contributed by atoms with Gasteiger partial charge in [-0.2, -0.15) is 4.40 Å². The second kappa shape index (κ2) is 10.3. The van der Waals surface area contributed by atoms with Gasteiger partial charge in [-0.1, -0.05) is 35.5 Å². The van der Waals surface area contributed by atoms with Crippen molar-refractivity contribution in [1.82, 2.24) is 0 Å². The van der Waals surface area contributed by atoms with E-state index in [0.717, 1.165) is 0 Å². The average molecular weight is 454 g/mol. The summed E-state index contributed by atoms with van der Waals surface area (Å²) in [5.41, 5.74) is 1.10. The van der Waals surface area contributed by atoms with Gasteiger partial charge in [0.05, 0.1) is 29.0 Å². The van der Waals surface area contributed by atoms with E-state index in [1.54, 1.807) is 38.3 Å². The standard InChI is InChI=1S/C21H24ClNO4S2/c1-6-27-20(24)16-9-7-8-10-18(16)28-19-14(11-15(26-5)12-17(19)22)13-23-29(25)21(2,3)4/h7-13H,6H2,1-5H3. The maximum absolute atomic E-state index is 12.3. The molecule has 0 saturated carbocycles. The van der Waals surface area contributed by atoms with Crippen molar-refractivity contribution in [1.29, 1.82) is 0 Å². The number of carbonyl (C=O) groups excluding carboxylic acids is 1. The highest BCUT2D eigenvalue weighted by Crippen LogP contribution is 2.39. The second-order valence-electron chi connectivity index (χ2n) is 6.94. The maximum atomic E-state index is 12.3. The minimum atomic E-state index is -1.42. The van der Waals surface area contributed by atoms with E-state index >= 15 is 0 Å². The van der Waals surface area contributed by atoms with Gasteiger partial charge in [-0.3, -0.25) is 0 Å². The molecule has 0 saturated heterocycles. The Kier molecular flexibility index (Phi) is 8.31. The summed E-state index contributed by atoms with van der Waals surface area (Å²) in [5, 5.41) is 0.441. The van der Waals surface area contributed by atoms with Gasteiger partial charge in [-0.25, -0.2) is 9.00 Å². The van der Waals surface area contributed by atoms with Gasteiger partial charge in [0.25, 0.3) is 0 Å². The average Bonchev–Trinajstić information content (AvgIpc) is 2.67. The molecule has 0 aliphatic rings. The van der Waals surface area contributed by atoms with Crippen molar-refractivity contribution in [2.45, 2.75) is 42.2 Å². The van der Waals surface area contributed by atoms with Crippen molar-refractivity contribution in [3.8, 4) is 5.75 Å². The zero-order valence-electron chi connectivity index (χ0n) is 17.0. The Morgan fingerprint density at radius 2 is 1.97 bits per heavy atom. The number of hydrogen-bond donors (Lipinski definition) is 0. The summed E-state index contributed by atoms with van der Waals surface area (Å²) in [4.78, 5) is 13.7. The van der Waals surface area contributed by atoms with Gasteiger partial charge in [0, 0.05) is 21.6 Å². The van der Waals surface area contributed by atoms with E-state index in [4.69, 9.17) is 21.1 Å². The number of nitrogens with zero attached hydrogens (tertiary/aromatic N) is 1. The van der Waals surface area contributed by atoms with Crippen molar-refractivity contribution >= 4 is 46.5 Å². The molecule has 1 unspecified atom stereocenters. The lowest BCUT2D eigenvalue weighted by molar-refractivity contribution is 0.0522. The largest absolute Gasteiger partial charge is 0.497 e. The Balaban J connectivity index is 2.50. The molecule has 0 spiro atoms. The lowest BCUT2D eigenvalue weighted by Crippen LogP contribution is -2.19. The van der Waals surface area contributed by atoms with Crippen LogP contribution < -0.4 is 4.74 Å². The van der Waals surface area contributed by atoms with Crippen LogP contribution in [0.4, 0.5) is 0 Å². The van der Waals surface area contributed by atoms with E-state index in [0.29, 0.717) is 31.7 Å². The van der Waals surface area contributed by atoms with Crippen LogP contribution in [0.2, 0.25) is 5.02 Å². The third-order valence-corrected chi connectivity index (χ3v) is 6.68. The van der Waals surface area contributed by atoms with Crippen LogP contribution in [0.1, 0.15) is 43.6 Å². The molecule has 29 heavy (non-hydrogen) atoms. The van der Waals surface area contributed by atoms with Gasteiger partial charge < -0.3 is 9.47 Å². The minimum absolute atomic E-state index is 0.289. The molecule has 0 radical (unpaired) electrons. The number of rotatable bonds is 7. The molecule has 0 N–H and O–H groups in total. The van der Waals surface area contributed by atoms with Gasteiger partial charge in [-0.15, -0.1) is 0 Å². The first kappa shape index (κ1) is 23.4. The predicted molar refractivity (Wildman–Crippen MR) is 120 cm³/mol. The molecular formula is C21H24ClNO4S2. The first-order chi connectivity index (χ1) is 13.7. The summed E-state index contributed by atoms with van der Waals surface area (Å²) in [6.45, 7) is 7.61. The summed E-state index contributed by atoms with van der Waals surface area (Å²) in [6, 6.07) is 10.6. The maximum Gasteiger partial charge on any atom is 0.339 e. The van der Waals surface area contributed by atoms with Crippen LogP contribution in [0.3, 0.4) is 0 Å². The van der Waals surface area contributed by atoms with Crippen LogP contribution >= 0.6 is 23.4 Å². The molecule has 1 atom stereocenters. The van der Waals surface area contributed by atoms with Crippen LogP contribution in [0.25, 0.3) is 0 Å². The van der Waals surface area contributed by atoms with Crippen LogP contribution in [0, 0.1) is 0 Å². The number of benzene rings is 2. The molecule has 0 aliphatic heterocycles. The normalized spacial score (nSPS) is 12.8. The first-order valence-corrected chi connectivity index (χ1v) is 11.2. The van der Waals surface area contributed by atoms with Gasteiger partial charge in [0.2, 0.25) is 0 Å². The van der Waals surface area contributed by atoms with E-state index in [1.807, 2.05) is 32.9 Å². The van der Waals surface area contributed by atoms with Gasteiger partial charge in [0.1, 0.15) is 16.7 Å². The number of ether oxygens (including phenoxy) is 2. The van der Waals surface area contributed by atoms with Crippen molar-refractivity contribution in [3.63, 3.8) is 0 Å². The van der Waals surface area contributed by atoms with Crippen molar-refractivity contribution in [2.24, 2.45) is 4.40 Å². The van der Waals surface area contributed by atoms with E-state index < -0.39 is 21.7 Å². The second-order valence-corrected chi connectivity index (χ2v) is 10.3. The fourth-order valence-corrected chi connectivity index (χ4v) is 4.09. The highest BCUT2D eigenvalue weighted by Gasteiger charge is 2.20. The molecule has 156 valence electrons. The van der Waals surface area contributed by atoms with Crippen molar-refractivity contribution < 1.29 is 18.5 Å². The van der Waals surface area contributed by atoms with E-state index in [1.165, 1.54) is 18.0 Å². The third-order valence-electron chi connectivity index (χ3n) is 3.69. The molecule has 0 aliphatic carbocycles. The summed E-state index contributed by atoms with van der Waals surface area (Å²) in [5.74, 6) is 0.158. The Hall–Kier alpha value is -1.83. The predicted octanol–water partition coefficient (Wildman–Crippen LogP) is 5.56. The zero-order chi connectivity index (χ0) is 21.6. The van der Waals surface area contributed by atoms with E-state index in [9.17, 15) is 9.00 Å². The molecule has 2 rings (SSSR count). The molecular weight excluding hydrogens is 430 g/mol. The van der Waals surface area contributed by atoms with Crippen LogP contribution in [0.15, 0.2) is 50.6 Å². The van der Waals surface area contributed by atoms with Crippen molar-refractivity contribution in [2.75, 3.05) is 13.7 Å². The SMILES string of the molecule is CCOC(=O)c1ccccc1Sc1c(Cl)cc(OC)cc1C=NS(=O)C(C)(C)C. The van der Waals surface area contributed by atoms with Crippen LogP contribution in [-0.2, 0) is 15.7 Å². The molecule has 8 heteroatoms. The highest BCUT2D eigenvalue weighted by atomic mass is 35.5. The Morgan fingerprint density at radius 3 is 2.59 bits per heavy atom. The fourth-order valence-electron chi connectivity index (χ4n) is 2.22. The van der Waals surface area contributed by atoms with E-state index in [2.05, 4.69) is 4.40 Å². The summed E-state index contributed by atoms with van der Waals surface area (Å²) >= 11 is 7.83. The summed E-state index contributed by atoms with van der Waals surface area (Å²) in [7, 11) is 0.124. The Morgan fingerprint density at radius 1 is 1.28 bits per heavy atom. The lowest BCUT2D eigenvalue weighted by Gasteiger charge is -2.15. The molecule has 5 nitrogen and oxygen atoms in total. The molecule has 2 aromatic rings. The number of carbonyl (C=O) groups is 1. The third kappa shape index (κ3) is 6.32. The smallest absolute Gasteiger partial charge is 0.339 e. The Bertz CT molecular complexity index is 939. The van der Waals surface area contributed by atoms with Crippen molar-refractivity contribution in [3.05, 3.63) is 52.5 Å². The minimum Gasteiger partial charge on any atom is -0.497 e. The molecule has 0 amide bonds.